The normalized spacial score (nSPS) is 14.5. The predicted molar refractivity (Wildman–Crippen MR) is 130 cm³/mol. The highest BCUT2D eigenvalue weighted by Gasteiger charge is 2.37. The van der Waals surface area contributed by atoms with Crippen molar-refractivity contribution in [3.8, 4) is 11.5 Å². The van der Waals surface area contributed by atoms with Crippen LogP contribution >= 0.6 is 0 Å². The van der Waals surface area contributed by atoms with Crippen LogP contribution in [0.2, 0.25) is 0 Å². The number of carbonyl (C=O) groups is 3. The fourth-order valence-electron chi connectivity index (χ4n) is 3.56. The molecule has 1 heterocycles. The summed E-state index contributed by atoms with van der Waals surface area (Å²) < 4.78 is 11.2. The van der Waals surface area contributed by atoms with Gasteiger partial charge in [-0.05, 0) is 48.9 Å². The van der Waals surface area contributed by atoms with Crippen molar-refractivity contribution >= 4 is 35.3 Å². The quantitative estimate of drug-likeness (QED) is 0.218. The number of nitro groups is 1. The lowest BCUT2D eigenvalue weighted by molar-refractivity contribution is -0.384. The molecular weight excluding hydrogens is 466 g/mol. The van der Waals surface area contributed by atoms with E-state index in [-0.39, 0.29) is 23.6 Å². The number of imide groups is 2. The topological polar surface area (TPSA) is 128 Å². The number of nitrogens with one attached hydrogen (secondary N) is 1. The van der Waals surface area contributed by atoms with E-state index in [0.717, 1.165) is 4.90 Å². The van der Waals surface area contributed by atoms with Crippen molar-refractivity contribution in [3.63, 3.8) is 0 Å². The van der Waals surface area contributed by atoms with E-state index < -0.39 is 22.8 Å². The van der Waals surface area contributed by atoms with Crippen molar-refractivity contribution in [2.45, 2.75) is 13.5 Å². The number of nitrogens with zero attached hydrogens (tertiary/aromatic N) is 2. The average Bonchev–Trinajstić information content (AvgIpc) is 2.87. The molecule has 4 amide bonds. The summed E-state index contributed by atoms with van der Waals surface area (Å²) in [5.41, 5.74) is 0.951. The molecule has 1 aliphatic rings. The molecule has 36 heavy (non-hydrogen) atoms. The van der Waals surface area contributed by atoms with Gasteiger partial charge in [0.15, 0.2) is 0 Å². The van der Waals surface area contributed by atoms with Gasteiger partial charge >= 0.3 is 6.03 Å². The molecular formula is C26H21N3O7. The lowest BCUT2D eigenvalue weighted by atomic mass is 10.1. The monoisotopic (exact) mass is 487 g/mol. The number of carbonyl (C=O) groups excluding carboxylic acids is 3. The summed E-state index contributed by atoms with van der Waals surface area (Å²) >= 11 is 0. The Kier molecular flexibility index (Phi) is 7.05. The van der Waals surface area contributed by atoms with Crippen molar-refractivity contribution in [2.24, 2.45) is 0 Å². The Morgan fingerprint density at radius 3 is 2.44 bits per heavy atom. The maximum absolute atomic E-state index is 13.2. The molecule has 0 spiro atoms. The zero-order chi connectivity index (χ0) is 25.7. The van der Waals surface area contributed by atoms with E-state index >= 15 is 0 Å². The number of benzene rings is 3. The maximum Gasteiger partial charge on any atom is 0.335 e. The number of hydrogen-bond donors (Lipinski definition) is 1. The van der Waals surface area contributed by atoms with Crippen molar-refractivity contribution in [1.82, 2.24) is 5.32 Å². The first-order valence-electron chi connectivity index (χ1n) is 11.0. The first-order chi connectivity index (χ1) is 17.4. The third-order valence-electron chi connectivity index (χ3n) is 5.24. The van der Waals surface area contributed by atoms with Gasteiger partial charge in [-0.25, -0.2) is 9.69 Å². The van der Waals surface area contributed by atoms with E-state index in [0.29, 0.717) is 29.2 Å². The van der Waals surface area contributed by atoms with Gasteiger partial charge in [-0.1, -0.05) is 30.3 Å². The Morgan fingerprint density at radius 2 is 1.72 bits per heavy atom. The van der Waals surface area contributed by atoms with Crippen molar-refractivity contribution in [3.05, 3.63) is 99.6 Å². The first kappa shape index (κ1) is 24.1. The van der Waals surface area contributed by atoms with Crippen LogP contribution in [0.15, 0.2) is 78.4 Å². The minimum absolute atomic E-state index is 0.0266. The van der Waals surface area contributed by atoms with Crippen LogP contribution in [0.1, 0.15) is 18.1 Å². The molecule has 10 nitrogen and oxygen atoms in total. The summed E-state index contributed by atoms with van der Waals surface area (Å²) in [4.78, 5) is 49.6. The Balaban J connectivity index is 1.60. The smallest absolute Gasteiger partial charge is 0.335 e. The fourth-order valence-corrected chi connectivity index (χ4v) is 3.56. The largest absolute Gasteiger partial charge is 0.494 e. The van der Waals surface area contributed by atoms with Gasteiger partial charge in [0.2, 0.25) is 0 Å². The number of rotatable bonds is 8. The Hall–Kier alpha value is -4.99. The van der Waals surface area contributed by atoms with E-state index in [2.05, 4.69) is 5.32 Å². The Morgan fingerprint density at radius 1 is 0.972 bits per heavy atom. The number of anilines is 1. The molecule has 0 saturated carbocycles. The summed E-state index contributed by atoms with van der Waals surface area (Å²) in [6.07, 6.45) is 1.34. The van der Waals surface area contributed by atoms with Crippen molar-refractivity contribution < 1.29 is 28.8 Å². The lowest BCUT2D eigenvalue weighted by Gasteiger charge is -2.26. The highest BCUT2D eigenvalue weighted by Crippen LogP contribution is 2.27. The van der Waals surface area contributed by atoms with Crippen LogP contribution in [0, 0.1) is 10.1 Å². The van der Waals surface area contributed by atoms with E-state index in [9.17, 15) is 24.5 Å². The van der Waals surface area contributed by atoms with Gasteiger partial charge < -0.3 is 9.47 Å². The van der Waals surface area contributed by atoms with Gasteiger partial charge in [0, 0.05) is 17.7 Å². The Labute approximate surface area is 205 Å². The number of barbiturate groups is 1. The van der Waals surface area contributed by atoms with Gasteiger partial charge in [-0.15, -0.1) is 0 Å². The van der Waals surface area contributed by atoms with E-state index in [1.54, 1.807) is 60.7 Å². The van der Waals surface area contributed by atoms with E-state index in [4.69, 9.17) is 9.47 Å². The standard InChI is InChI=1S/C26H21N3O7/c1-2-35-21-12-10-19(11-13-21)28-25(31)22(24(30)27-26(28)32)15-18-7-3-4-9-23(18)36-16-17-6-5-8-20(14-17)29(33)34/h3-15H,2,16H2,1H3,(H,27,30,32)/b22-15+. The minimum atomic E-state index is -0.860. The fraction of sp³-hybridized carbons (Fsp3) is 0.115. The third-order valence-corrected chi connectivity index (χ3v) is 5.24. The molecule has 0 unspecified atom stereocenters. The SMILES string of the molecule is CCOc1ccc(N2C(=O)NC(=O)/C(=C\c3ccccc3OCc3cccc([N+](=O)[O-])c3)C2=O)cc1. The van der Waals surface area contributed by atoms with Gasteiger partial charge in [0.05, 0.1) is 17.2 Å². The molecule has 0 bridgehead atoms. The molecule has 0 aromatic heterocycles. The molecule has 1 N–H and O–H groups in total. The molecule has 3 aromatic carbocycles. The lowest BCUT2D eigenvalue weighted by Crippen LogP contribution is -2.54. The molecule has 182 valence electrons. The van der Waals surface area contributed by atoms with Gasteiger partial charge in [0.25, 0.3) is 17.5 Å². The van der Waals surface area contributed by atoms with Crippen LogP contribution in [0.4, 0.5) is 16.2 Å². The molecule has 3 aromatic rings. The number of hydrogen-bond acceptors (Lipinski definition) is 7. The van der Waals surface area contributed by atoms with Gasteiger partial charge in [-0.2, -0.15) is 0 Å². The van der Waals surface area contributed by atoms with Crippen molar-refractivity contribution in [2.75, 3.05) is 11.5 Å². The molecule has 1 fully saturated rings. The number of nitro benzene ring substituents is 1. The second kappa shape index (κ2) is 10.5. The van der Waals surface area contributed by atoms with E-state index in [1.165, 1.54) is 18.2 Å². The first-order valence-corrected chi connectivity index (χ1v) is 11.0. The van der Waals surface area contributed by atoms with Crippen LogP contribution in [0.3, 0.4) is 0 Å². The number of amides is 4. The maximum atomic E-state index is 13.2. The molecule has 0 radical (unpaired) electrons. The molecule has 1 saturated heterocycles. The zero-order valence-electron chi connectivity index (χ0n) is 19.2. The van der Waals surface area contributed by atoms with Crippen LogP contribution < -0.4 is 19.7 Å². The minimum Gasteiger partial charge on any atom is -0.494 e. The summed E-state index contributed by atoms with van der Waals surface area (Å²) in [5.74, 6) is -0.698. The number of ether oxygens (including phenoxy) is 2. The molecule has 0 atom stereocenters. The summed E-state index contributed by atoms with van der Waals surface area (Å²) in [5, 5.41) is 13.2. The van der Waals surface area contributed by atoms with Gasteiger partial charge in [-0.3, -0.25) is 25.0 Å². The van der Waals surface area contributed by atoms with Gasteiger partial charge in [0.1, 0.15) is 23.7 Å². The summed E-state index contributed by atoms with van der Waals surface area (Å²) in [7, 11) is 0. The van der Waals surface area contributed by atoms with Crippen LogP contribution in [-0.2, 0) is 16.2 Å². The van der Waals surface area contributed by atoms with Crippen LogP contribution in [0.5, 0.6) is 11.5 Å². The molecule has 4 rings (SSSR count). The summed E-state index contributed by atoms with van der Waals surface area (Å²) in [6.45, 7) is 2.33. The van der Waals surface area contributed by atoms with Crippen LogP contribution in [0.25, 0.3) is 6.08 Å². The average molecular weight is 487 g/mol. The number of non-ortho nitro benzene ring substituents is 1. The number of urea groups is 1. The zero-order valence-corrected chi connectivity index (χ0v) is 19.2. The van der Waals surface area contributed by atoms with Crippen LogP contribution in [-0.4, -0.2) is 29.4 Å². The molecule has 10 heteroatoms. The highest BCUT2D eigenvalue weighted by atomic mass is 16.6. The second-order valence-corrected chi connectivity index (χ2v) is 7.64. The molecule has 1 aliphatic heterocycles. The molecule has 0 aliphatic carbocycles. The number of para-hydroxylation sites is 1. The third kappa shape index (κ3) is 5.22. The second-order valence-electron chi connectivity index (χ2n) is 7.64. The highest BCUT2D eigenvalue weighted by molar-refractivity contribution is 6.39. The predicted octanol–water partition coefficient (Wildman–Crippen LogP) is 4.24. The summed E-state index contributed by atoms with van der Waals surface area (Å²) in [6, 6.07) is 18.2. The Bertz CT molecular complexity index is 1370. The van der Waals surface area contributed by atoms with Crippen molar-refractivity contribution in [1.29, 1.82) is 0 Å². The van der Waals surface area contributed by atoms with E-state index in [1.807, 2.05) is 6.92 Å².